The van der Waals surface area contributed by atoms with Gasteiger partial charge in [0.1, 0.15) is 6.04 Å². The molecule has 0 aliphatic carbocycles. The second-order valence-corrected chi connectivity index (χ2v) is 6.86. The number of para-hydroxylation sites is 1. The number of morpholine rings is 1. The van der Waals surface area contributed by atoms with Crippen LogP contribution in [-0.2, 0) is 9.53 Å². The quantitative estimate of drug-likeness (QED) is 0.861. The van der Waals surface area contributed by atoms with Gasteiger partial charge in [0, 0.05) is 28.8 Å². The molecule has 2 aromatic rings. The lowest BCUT2D eigenvalue weighted by atomic mass is 10.0. The molecule has 132 valence electrons. The van der Waals surface area contributed by atoms with Crippen LogP contribution in [0.4, 0.5) is 5.69 Å². The minimum atomic E-state index is -0.492. The van der Waals surface area contributed by atoms with Gasteiger partial charge in [0.2, 0.25) is 5.91 Å². The standard InChI is InChI=1S/C19H20Cl2N2O2/c1-13-4-2-3-5-17(13)22-19(24)18(23-8-10-25-11-9-23)15-7-6-14(20)12-16(15)21/h2-7,12,18H,8-11H2,1H3,(H,22,24). The molecule has 1 heterocycles. The van der Waals surface area contributed by atoms with Gasteiger partial charge in [-0.15, -0.1) is 0 Å². The van der Waals surface area contributed by atoms with Gasteiger partial charge in [-0.3, -0.25) is 9.69 Å². The molecule has 1 aliphatic rings. The molecule has 0 aromatic heterocycles. The molecule has 1 unspecified atom stereocenters. The van der Waals surface area contributed by atoms with Crippen LogP contribution in [-0.4, -0.2) is 37.1 Å². The molecule has 2 aromatic carbocycles. The van der Waals surface area contributed by atoms with Crippen molar-refractivity contribution < 1.29 is 9.53 Å². The van der Waals surface area contributed by atoms with Crippen LogP contribution in [0.1, 0.15) is 17.2 Å². The van der Waals surface area contributed by atoms with E-state index in [2.05, 4.69) is 10.2 Å². The highest BCUT2D eigenvalue weighted by Gasteiger charge is 2.31. The fraction of sp³-hybridized carbons (Fsp3) is 0.316. The molecule has 1 aliphatic heterocycles. The van der Waals surface area contributed by atoms with Crippen LogP contribution in [0.2, 0.25) is 10.0 Å². The second kappa shape index (κ2) is 8.19. The highest BCUT2D eigenvalue weighted by atomic mass is 35.5. The van der Waals surface area contributed by atoms with E-state index in [4.69, 9.17) is 27.9 Å². The zero-order chi connectivity index (χ0) is 17.8. The molecule has 1 N–H and O–H groups in total. The SMILES string of the molecule is Cc1ccccc1NC(=O)C(c1ccc(Cl)cc1Cl)N1CCOCC1. The van der Waals surface area contributed by atoms with E-state index in [1.807, 2.05) is 37.3 Å². The van der Waals surface area contributed by atoms with Gasteiger partial charge >= 0.3 is 0 Å². The fourth-order valence-corrected chi connectivity index (χ4v) is 3.49. The summed E-state index contributed by atoms with van der Waals surface area (Å²) in [5.74, 6) is -0.111. The van der Waals surface area contributed by atoms with Gasteiger partial charge in [0.25, 0.3) is 0 Å². The minimum absolute atomic E-state index is 0.111. The summed E-state index contributed by atoms with van der Waals surface area (Å²) in [7, 11) is 0. The molecule has 1 saturated heterocycles. The third kappa shape index (κ3) is 4.33. The fourth-order valence-electron chi connectivity index (χ4n) is 2.98. The highest BCUT2D eigenvalue weighted by molar-refractivity contribution is 6.35. The Labute approximate surface area is 157 Å². The molecule has 0 saturated carbocycles. The molecule has 0 bridgehead atoms. The molecule has 4 nitrogen and oxygen atoms in total. The van der Waals surface area contributed by atoms with Crippen LogP contribution in [0.3, 0.4) is 0 Å². The van der Waals surface area contributed by atoms with Crippen LogP contribution in [0.15, 0.2) is 42.5 Å². The Hall–Kier alpha value is -1.59. The Morgan fingerprint density at radius 1 is 1.16 bits per heavy atom. The Kier molecular flexibility index (Phi) is 5.97. The van der Waals surface area contributed by atoms with Crippen molar-refractivity contribution in [2.45, 2.75) is 13.0 Å². The summed E-state index contributed by atoms with van der Waals surface area (Å²) in [5.41, 5.74) is 2.56. The first kappa shape index (κ1) is 18.2. The molecule has 6 heteroatoms. The summed E-state index contributed by atoms with van der Waals surface area (Å²) in [6, 6.07) is 12.5. The first-order valence-electron chi connectivity index (χ1n) is 8.19. The van der Waals surface area contributed by atoms with Crippen LogP contribution in [0.25, 0.3) is 0 Å². The van der Waals surface area contributed by atoms with E-state index in [1.54, 1.807) is 12.1 Å². The van der Waals surface area contributed by atoms with Crippen molar-refractivity contribution in [2.75, 3.05) is 31.6 Å². The number of ether oxygens (including phenoxy) is 1. The number of nitrogens with zero attached hydrogens (tertiary/aromatic N) is 1. The monoisotopic (exact) mass is 378 g/mol. The number of rotatable bonds is 4. The number of hydrogen-bond acceptors (Lipinski definition) is 3. The largest absolute Gasteiger partial charge is 0.379 e. The lowest BCUT2D eigenvalue weighted by Crippen LogP contribution is -2.44. The number of benzene rings is 2. The molecule has 1 fully saturated rings. The van der Waals surface area contributed by atoms with Crippen LogP contribution < -0.4 is 5.32 Å². The number of anilines is 1. The van der Waals surface area contributed by atoms with E-state index in [0.29, 0.717) is 36.3 Å². The molecule has 1 amide bonds. The molecular weight excluding hydrogens is 359 g/mol. The molecular formula is C19H20Cl2N2O2. The van der Waals surface area contributed by atoms with E-state index in [-0.39, 0.29) is 5.91 Å². The van der Waals surface area contributed by atoms with E-state index < -0.39 is 6.04 Å². The summed E-state index contributed by atoms with van der Waals surface area (Å²) < 4.78 is 5.42. The molecule has 0 radical (unpaired) electrons. The maximum atomic E-state index is 13.1. The smallest absolute Gasteiger partial charge is 0.246 e. The van der Waals surface area contributed by atoms with Crippen LogP contribution in [0, 0.1) is 6.92 Å². The third-order valence-electron chi connectivity index (χ3n) is 4.32. The van der Waals surface area contributed by atoms with Crippen LogP contribution >= 0.6 is 23.2 Å². The first-order valence-corrected chi connectivity index (χ1v) is 8.95. The Morgan fingerprint density at radius 3 is 2.56 bits per heavy atom. The van der Waals surface area contributed by atoms with Crippen molar-refractivity contribution in [3.63, 3.8) is 0 Å². The number of halogens is 2. The van der Waals surface area contributed by atoms with E-state index in [0.717, 1.165) is 16.8 Å². The maximum absolute atomic E-state index is 13.1. The Bertz CT molecular complexity index is 761. The van der Waals surface area contributed by atoms with Crippen molar-refractivity contribution in [3.8, 4) is 0 Å². The third-order valence-corrected chi connectivity index (χ3v) is 4.88. The lowest BCUT2D eigenvalue weighted by Gasteiger charge is -2.34. The van der Waals surface area contributed by atoms with Crippen molar-refractivity contribution in [1.29, 1.82) is 0 Å². The number of nitrogens with one attached hydrogen (secondary N) is 1. The summed E-state index contributed by atoms with van der Waals surface area (Å²) in [5, 5.41) is 4.07. The number of carbonyl (C=O) groups is 1. The van der Waals surface area contributed by atoms with Crippen molar-refractivity contribution >= 4 is 34.8 Å². The first-order chi connectivity index (χ1) is 12.1. The summed E-state index contributed by atoms with van der Waals surface area (Å²) >= 11 is 12.4. The van der Waals surface area contributed by atoms with Gasteiger partial charge in [-0.2, -0.15) is 0 Å². The van der Waals surface area contributed by atoms with E-state index in [1.165, 1.54) is 0 Å². The number of hydrogen-bond donors (Lipinski definition) is 1. The predicted octanol–water partition coefficient (Wildman–Crippen LogP) is 4.31. The van der Waals surface area contributed by atoms with Crippen molar-refractivity contribution in [3.05, 3.63) is 63.6 Å². The Balaban J connectivity index is 1.92. The van der Waals surface area contributed by atoms with E-state index >= 15 is 0 Å². The number of amides is 1. The maximum Gasteiger partial charge on any atom is 0.246 e. The minimum Gasteiger partial charge on any atom is -0.379 e. The molecule has 3 rings (SSSR count). The lowest BCUT2D eigenvalue weighted by molar-refractivity contribution is -0.123. The second-order valence-electron chi connectivity index (χ2n) is 6.02. The van der Waals surface area contributed by atoms with Crippen molar-refractivity contribution in [2.24, 2.45) is 0 Å². The number of carbonyl (C=O) groups excluding carboxylic acids is 1. The summed E-state index contributed by atoms with van der Waals surface area (Å²) in [6.45, 7) is 4.50. The Morgan fingerprint density at radius 2 is 1.88 bits per heavy atom. The molecule has 25 heavy (non-hydrogen) atoms. The summed E-state index contributed by atoms with van der Waals surface area (Å²) in [4.78, 5) is 15.2. The normalized spacial score (nSPS) is 16.4. The highest BCUT2D eigenvalue weighted by Crippen LogP contribution is 2.32. The average Bonchev–Trinajstić information content (AvgIpc) is 2.60. The van der Waals surface area contributed by atoms with Gasteiger partial charge in [-0.05, 0) is 36.2 Å². The van der Waals surface area contributed by atoms with E-state index in [9.17, 15) is 4.79 Å². The number of aryl methyl sites for hydroxylation is 1. The van der Waals surface area contributed by atoms with Crippen LogP contribution in [0.5, 0.6) is 0 Å². The molecule has 0 spiro atoms. The van der Waals surface area contributed by atoms with Gasteiger partial charge in [0.15, 0.2) is 0 Å². The van der Waals surface area contributed by atoms with Gasteiger partial charge in [-0.1, -0.05) is 47.5 Å². The summed E-state index contributed by atoms with van der Waals surface area (Å²) in [6.07, 6.45) is 0. The zero-order valence-corrected chi connectivity index (χ0v) is 15.5. The van der Waals surface area contributed by atoms with Gasteiger partial charge in [-0.25, -0.2) is 0 Å². The zero-order valence-electron chi connectivity index (χ0n) is 14.0. The molecule has 1 atom stereocenters. The predicted molar refractivity (Wildman–Crippen MR) is 101 cm³/mol. The van der Waals surface area contributed by atoms with Crippen molar-refractivity contribution in [1.82, 2.24) is 4.90 Å². The van der Waals surface area contributed by atoms with Gasteiger partial charge < -0.3 is 10.1 Å². The van der Waals surface area contributed by atoms with Gasteiger partial charge in [0.05, 0.1) is 13.2 Å². The topological polar surface area (TPSA) is 41.6 Å². The average molecular weight is 379 g/mol.